The van der Waals surface area contributed by atoms with E-state index in [0.29, 0.717) is 6.04 Å². The van der Waals surface area contributed by atoms with Crippen molar-refractivity contribution >= 4 is 0 Å². The molecule has 0 amide bonds. The largest absolute Gasteiger partial charge is 0.394 e. The van der Waals surface area contributed by atoms with Crippen molar-refractivity contribution in [3.05, 3.63) is 0 Å². The van der Waals surface area contributed by atoms with E-state index in [1.165, 1.54) is 12.8 Å². The van der Waals surface area contributed by atoms with Gasteiger partial charge in [0, 0.05) is 11.6 Å². The summed E-state index contributed by atoms with van der Waals surface area (Å²) in [7, 11) is 0. The SMILES string of the molecule is CCC(CC)(CO)NC1CC1. The fourth-order valence-corrected chi connectivity index (χ4v) is 1.38. The number of aliphatic hydroxyl groups is 1. The van der Waals surface area contributed by atoms with Crippen LogP contribution in [0.1, 0.15) is 39.5 Å². The van der Waals surface area contributed by atoms with Gasteiger partial charge < -0.3 is 10.4 Å². The van der Waals surface area contributed by atoms with E-state index < -0.39 is 0 Å². The monoisotopic (exact) mass is 157 g/mol. The molecule has 2 N–H and O–H groups in total. The first-order valence-corrected chi connectivity index (χ1v) is 4.65. The first kappa shape index (κ1) is 9.01. The van der Waals surface area contributed by atoms with Crippen LogP contribution in [-0.4, -0.2) is 23.3 Å². The molecule has 2 nitrogen and oxygen atoms in total. The van der Waals surface area contributed by atoms with E-state index in [0.717, 1.165) is 12.8 Å². The van der Waals surface area contributed by atoms with E-state index in [2.05, 4.69) is 19.2 Å². The van der Waals surface area contributed by atoms with Gasteiger partial charge in [0.1, 0.15) is 0 Å². The highest BCUT2D eigenvalue weighted by Crippen LogP contribution is 2.25. The summed E-state index contributed by atoms with van der Waals surface area (Å²) in [4.78, 5) is 0. The maximum Gasteiger partial charge on any atom is 0.0613 e. The Labute approximate surface area is 69.0 Å². The average molecular weight is 157 g/mol. The summed E-state index contributed by atoms with van der Waals surface area (Å²) in [6, 6.07) is 0.696. The van der Waals surface area contributed by atoms with Gasteiger partial charge in [-0.15, -0.1) is 0 Å². The van der Waals surface area contributed by atoms with Crippen LogP contribution in [0.15, 0.2) is 0 Å². The fraction of sp³-hybridized carbons (Fsp3) is 1.00. The Balaban J connectivity index is 2.39. The average Bonchev–Trinajstić information content (AvgIpc) is 2.84. The minimum atomic E-state index is 0.0150. The van der Waals surface area contributed by atoms with E-state index in [9.17, 15) is 5.11 Å². The smallest absolute Gasteiger partial charge is 0.0613 e. The second-order valence-corrected chi connectivity index (χ2v) is 3.56. The van der Waals surface area contributed by atoms with Crippen molar-refractivity contribution in [3.8, 4) is 0 Å². The quantitative estimate of drug-likeness (QED) is 0.630. The molecule has 1 fully saturated rings. The molecule has 1 aliphatic carbocycles. The Hall–Kier alpha value is -0.0800. The molecule has 0 unspecified atom stereocenters. The molecule has 0 atom stereocenters. The predicted octanol–water partition coefficient (Wildman–Crippen LogP) is 1.29. The van der Waals surface area contributed by atoms with Crippen molar-refractivity contribution in [2.45, 2.75) is 51.1 Å². The first-order valence-electron chi connectivity index (χ1n) is 4.65. The molecule has 0 spiro atoms. The third-order valence-electron chi connectivity index (χ3n) is 2.74. The van der Waals surface area contributed by atoms with E-state index in [1.54, 1.807) is 0 Å². The lowest BCUT2D eigenvalue weighted by molar-refractivity contribution is 0.149. The molecule has 0 aromatic carbocycles. The maximum atomic E-state index is 9.19. The highest BCUT2D eigenvalue weighted by molar-refractivity contribution is 4.93. The van der Waals surface area contributed by atoms with Crippen molar-refractivity contribution in [2.24, 2.45) is 0 Å². The van der Waals surface area contributed by atoms with E-state index in [-0.39, 0.29) is 12.1 Å². The number of rotatable bonds is 5. The topological polar surface area (TPSA) is 32.3 Å². The van der Waals surface area contributed by atoms with Crippen LogP contribution in [0.25, 0.3) is 0 Å². The molecule has 0 saturated heterocycles. The number of hydrogen-bond donors (Lipinski definition) is 2. The summed E-state index contributed by atoms with van der Waals surface area (Å²) in [6.07, 6.45) is 4.64. The van der Waals surface area contributed by atoms with Crippen LogP contribution in [-0.2, 0) is 0 Å². The second-order valence-electron chi connectivity index (χ2n) is 3.56. The lowest BCUT2D eigenvalue weighted by Crippen LogP contribution is -2.48. The molecule has 1 aliphatic rings. The van der Waals surface area contributed by atoms with E-state index in [1.807, 2.05) is 0 Å². The van der Waals surface area contributed by atoms with Crippen LogP contribution in [0.3, 0.4) is 0 Å². The molecular weight excluding hydrogens is 138 g/mol. The maximum absolute atomic E-state index is 9.19. The summed E-state index contributed by atoms with van der Waals surface area (Å²) in [5.41, 5.74) is 0.0150. The molecule has 0 radical (unpaired) electrons. The Morgan fingerprint density at radius 3 is 2.18 bits per heavy atom. The predicted molar refractivity (Wildman–Crippen MR) is 46.6 cm³/mol. The normalized spacial score (nSPS) is 18.8. The molecule has 11 heavy (non-hydrogen) atoms. The van der Waals surface area contributed by atoms with Gasteiger partial charge in [0.2, 0.25) is 0 Å². The Morgan fingerprint density at radius 2 is 1.91 bits per heavy atom. The third kappa shape index (κ3) is 2.17. The highest BCUT2D eigenvalue weighted by Gasteiger charge is 2.32. The van der Waals surface area contributed by atoms with Gasteiger partial charge in [0.25, 0.3) is 0 Å². The summed E-state index contributed by atoms with van der Waals surface area (Å²) in [5, 5.41) is 12.7. The van der Waals surface area contributed by atoms with Crippen molar-refractivity contribution in [2.75, 3.05) is 6.61 Å². The Bertz CT molecular complexity index is 108. The Morgan fingerprint density at radius 1 is 1.36 bits per heavy atom. The number of aliphatic hydroxyl groups excluding tert-OH is 1. The lowest BCUT2D eigenvalue weighted by Gasteiger charge is -2.30. The van der Waals surface area contributed by atoms with Crippen LogP contribution in [0.4, 0.5) is 0 Å². The second kappa shape index (κ2) is 3.55. The lowest BCUT2D eigenvalue weighted by atomic mass is 9.94. The standard InChI is InChI=1S/C9H19NO/c1-3-9(4-2,7-11)10-8-5-6-8/h8,10-11H,3-7H2,1-2H3. The van der Waals surface area contributed by atoms with Crippen molar-refractivity contribution in [1.82, 2.24) is 5.32 Å². The van der Waals surface area contributed by atoms with Gasteiger partial charge >= 0.3 is 0 Å². The fourth-order valence-electron chi connectivity index (χ4n) is 1.38. The van der Waals surface area contributed by atoms with Crippen molar-refractivity contribution < 1.29 is 5.11 Å². The van der Waals surface area contributed by atoms with Crippen LogP contribution in [0, 0.1) is 0 Å². The molecule has 0 bridgehead atoms. The van der Waals surface area contributed by atoms with Crippen LogP contribution >= 0.6 is 0 Å². The molecule has 1 rings (SSSR count). The van der Waals surface area contributed by atoms with Gasteiger partial charge in [0.05, 0.1) is 6.61 Å². The summed E-state index contributed by atoms with van der Waals surface area (Å²) >= 11 is 0. The van der Waals surface area contributed by atoms with Crippen molar-refractivity contribution in [3.63, 3.8) is 0 Å². The molecule has 1 saturated carbocycles. The minimum Gasteiger partial charge on any atom is -0.394 e. The third-order valence-corrected chi connectivity index (χ3v) is 2.74. The molecule has 0 heterocycles. The van der Waals surface area contributed by atoms with E-state index >= 15 is 0 Å². The zero-order valence-electron chi connectivity index (χ0n) is 7.56. The van der Waals surface area contributed by atoms with Crippen molar-refractivity contribution in [1.29, 1.82) is 0 Å². The van der Waals surface area contributed by atoms with Crippen LogP contribution < -0.4 is 5.32 Å². The summed E-state index contributed by atoms with van der Waals surface area (Å²) in [5.74, 6) is 0. The molecular formula is C9H19NO. The van der Waals surface area contributed by atoms with Gasteiger partial charge in [-0.2, -0.15) is 0 Å². The summed E-state index contributed by atoms with van der Waals surface area (Å²) < 4.78 is 0. The highest BCUT2D eigenvalue weighted by atomic mass is 16.3. The molecule has 0 aromatic rings. The van der Waals surface area contributed by atoms with Gasteiger partial charge in [0.15, 0.2) is 0 Å². The van der Waals surface area contributed by atoms with Gasteiger partial charge in [-0.25, -0.2) is 0 Å². The zero-order chi connectivity index (χ0) is 8.32. The summed E-state index contributed by atoms with van der Waals surface area (Å²) in [6.45, 7) is 4.54. The molecule has 0 aromatic heterocycles. The van der Waals surface area contributed by atoms with Crippen LogP contribution in [0.2, 0.25) is 0 Å². The molecule has 66 valence electrons. The van der Waals surface area contributed by atoms with Gasteiger partial charge in [-0.1, -0.05) is 13.8 Å². The Kier molecular flexibility index (Phi) is 2.90. The first-order chi connectivity index (χ1) is 5.26. The number of nitrogens with one attached hydrogen (secondary N) is 1. The molecule has 2 heteroatoms. The van der Waals surface area contributed by atoms with E-state index in [4.69, 9.17) is 0 Å². The van der Waals surface area contributed by atoms with Gasteiger partial charge in [-0.05, 0) is 25.7 Å². The zero-order valence-corrected chi connectivity index (χ0v) is 7.56. The van der Waals surface area contributed by atoms with Gasteiger partial charge in [-0.3, -0.25) is 0 Å². The minimum absolute atomic E-state index is 0.0150. The molecule has 0 aliphatic heterocycles. The van der Waals surface area contributed by atoms with Crippen LogP contribution in [0.5, 0.6) is 0 Å². The number of hydrogen-bond acceptors (Lipinski definition) is 2.